The maximum atomic E-state index is 6.36. The van der Waals surface area contributed by atoms with Gasteiger partial charge in [-0.3, -0.25) is 0 Å². The molecule has 0 radical (unpaired) electrons. The Hall–Kier alpha value is -2.80. The molecule has 0 amide bonds. The Balaban J connectivity index is 1.89. The molecule has 0 heterocycles. The van der Waals surface area contributed by atoms with E-state index in [9.17, 15) is 0 Å². The van der Waals surface area contributed by atoms with Crippen LogP contribution in [0.4, 0.5) is 5.69 Å². The molecule has 3 aromatic rings. The largest absolute Gasteiger partial charge is 0.398 e. The molecule has 0 bridgehead atoms. The van der Waals surface area contributed by atoms with Gasteiger partial charge in [0.05, 0.1) is 0 Å². The molecule has 0 fully saturated rings. The second-order valence-corrected chi connectivity index (χ2v) is 7.03. The highest BCUT2D eigenvalue weighted by atomic mass is 14.6. The summed E-state index contributed by atoms with van der Waals surface area (Å²) in [7, 11) is 0. The Bertz CT molecular complexity index is 1010. The third-order valence-electron chi connectivity index (χ3n) is 5.62. The number of hydrogen-bond donors (Lipinski definition) is 1. The molecule has 2 aliphatic rings. The first kappa shape index (κ1) is 14.5. The highest BCUT2D eigenvalue weighted by Gasteiger charge is 2.25. The molecular formula is C24H21N. The van der Waals surface area contributed by atoms with E-state index in [1.807, 2.05) is 12.1 Å². The van der Waals surface area contributed by atoms with Crippen molar-refractivity contribution >= 4 is 11.8 Å². The third-order valence-corrected chi connectivity index (χ3v) is 5.62. The van der Waals surface area contributed by atoms with Gasteiger partial charge in [0.1, 0.15) is 0 Å². The number of rotatable bonds is 1. The van der Waals surface area contributed by atoms with E-state index in [4.69, 9.17) is 5.73 Å². The quantitative estimate of drug-likeness (QED) is 0.574. The van der Waals surface area contributed by atoms with Gasteiger partial charge in [-0.25, -0.2) is 0 Å². The zero-order valence-electron chi connectivity index (χ0n) is 14.3. The van der Waals surface area contributed by atoms with Gasteiger partial charge in [0.25, 0.3) is 0 Å². The number of allylic oxidation sites excluding steroid dienone is 1. The SMILES string of the molecule is Nc1ccccc1-c1cc2c(c3c1-c1ccccc1CC3)CCC=C2. The zero-order valence-corrected chi connectivity index (χ0v) is 14.3. The summed E-state index contributed by atoms with van der Waals surface area (Å²) in [5, 5.41) is 0. The number of hydrogen-bond acceptors (Lipinski definition) is 1. The lowest BCUT2D eigenvalue weighted by Gasteiger charge is -2.28. The van der Waals surface area contributed by atoms with Gasteiger partial charge in [-0.1, -0.05) is 54.6 Å². The number of benzene rings is 3. The van der Waals surface area contributed by atoms with Crippen LogP contribution in [0.15, 0.2) is 60.7 Å². The van der Waals surface area contributed by atoms with E-state index in [0.717, 1.165) is 36.9 Å². The lowest BCUT2D eigenvalue weighted by atomic mass is 9.76. The van der Waals surface area contributed by atoms with Crippen molar-refractivity contribution in [2.45, 2.75) is 25.7 Å². The summed E-state index contributed by atoms with van der Waals surface area (Å²) in [6.45, 7) is 0. The molecule has 0 saturated heterocycles. The van der Waals surface area contributed by atoms with E-state index in [0.29, 0.717) is 0 Å². The van der Waals surface area contributed by atoms with Gasteiger partial charge in [0, 0.05) is 11.3 Å². The minimum atomic E-state index is 0.854. The molecular weight excluding hydrogens is 302 g/mol. The maximum Gasteiger partial charge on any atom is 0.0393 e. The average molecular weight is 323 g/mol. The fraction of sp³-hybridized carbons (Fsp3) is 0.167. The van der Waals surface area contributed by atoms with Gasteiger partial charge in [0.2, 0.25) is 0 Å². The Kier molecular flexibility index (Phi) is 3.27. The summed E-state index contributed by atoms with van der Waals surface area (Å²) in [6.07, 6.45) is 9.15. The highest BCUT2D eigenvalue weighted by Crippen LogP contribution is 2.45. The third kappa shape index (κ3) is 2.23. The predicted octanol–water partition coefficient (Wildman–Crippen LogP) is 5.66. The van der Waals surface area contributed by atoms with Crippen LogP contribution in [0.1, 0.15) is 28.7 Å². The number of nitrogens with two attached hydrogens (primary N) is 1. The Morgan fingerprint density at radius 2 is 1.52 bits per heavy atom. The first-order valence-electron chi connectivity index (χ1n) is 9.11. The minimum absolute atomic E-state index is 0.854. The first-order valence-corrected chi connectivity index (χ1v) is 9.11. The second kappa shape index (κ2) is 5.63. The number of nitrogen functional groups attached to an aromatic ring is 1. The topological polar surface area (TPSA) is 26.0 Å². The molecule has 0 aromatic heterocycles. The van der Waals surface area contributed by atoms with Gasteiger partial charge >= 0.3 is 0 Å². The number of para-hydroxylation sites is 1. The molecule has 2 aliphatic carbocycles. The van der Waals surface area contributed by atoms with Gasteiger partial charge in [-0.2, -0.15) is 0 Å². The van der Waals surface area contributed by atoms with Crippen LogP contribution in [0.2, 0.25) is 0 Å². The Labute approximate surface area is 148 Å². The number of fused-ring (bicyclic) bond motifs is 5. The van der Waals surface area contributed by atoms with E-state index in [-0.39, 0.29) is 0 Å². The maximum absolute atomic E-state index is 6.36. The lowest BCUT2D eigenvalue weighted by Crippen LogP contribution is -2.11. The Morgan fingerprint density at radius 3 is 2.40 bits per heavy atom. The van der Waals surface area contributed by atoms with E-state index in [2.05, 4.69) is 54.6 Å². The molecule has 0 saturated carbocycles. The van der Waals surface area contributed by atoms with Crippen molar-refractivity contribution in [3.63, 3.8) is 0 Å². The summed E-state index contributed by atoms with van der Waals surface area (Å²) in [5.41, 5.74) is 18.4. The van der Waals surface area contributed by atoms with Crippen LogP contribution in [0, 0.1) is 0 Å². The monoisotopic (exact) mass is 323 g/mol. The Morgan fingerprint density at radius 1 is 0.720 bits per heavy atom. The molecule has 2 N–H and O–H groups in total. The standard InChI is InChI=1S/C24H21N/c25-23-12-6-5-11-20(23)22-15-17-8-2-3-9-18(17)21-14-13-16-7-1-4-10-19(16)24(21)22/h1-2,4-8,10-12,15H,3,9,13-14,25H2. The average Bonchev–Trinajstić information content (AvgIpc) is 2.67. The van der Waals surface area contributed by atoms with Crippen molar-refractivity contribution in [3.8, 4) is 22.3 Å². The summed E-state index contributed by atoms with van der Waals surface area (Å²) >= 11 is 0. The lowest BCUT2D eigenvalue weighted by molar-refractivity contribution is 0.888. The fourth-order valence-electron chi connectivity index (χ4n) is 4.46. The van der Waals surface area contributed by atoms with Gasteiger partial charge < -0.3 is 5.73 Å². The molecule has 1 nitrogen and oxygen atoms in total. The molecule has 0 atom stereocenters. The van der Waals surface area contributed by atoms with Crippen molar-refractivity contribution in [1.29, 1.82) is 0 Å². The van der Waals surface area contributed by atoms with Crippen LogP contribution in [0.5, 0.6) is 0 Å². The molecule has 0 unspecified atom stereocenters. The van der Waals surface area contributed by atoms with E-state index in [1.54, 1.807) is 11.1 Å². The van der Waals surface area contributed by atoms with E-state index in [1.165, 1.54) is 27.8 Å². The summed E-state index contributed by atoms with van der Waals surface area (Å²) in [5.74, 6) is 0. The van der Waals surface area contributed by atoms with Crippen LogP contribution in [0.3, 0.4) is 0 Å². The zero-order chi connectivity index (χ0) is 16.8. The number of anilines is 1. The van der Waals surface area contributed by atoms with Gasteiger partial charge in [-0.15, -0.1) is 0 Å². The smallest absolute Gasteiger partial charge is 0.0393 e. The van der Waals surface area contributed by atoms with Gasteiger partial charge in [0.15, 0.2) is 0 Å². The summed E-state index contributed by atoms with van der Waals surface area (Å²) < 4.78 is 0. The van der Waals surface area contributed by atoms with Crippen molar-refractivity contribution in [3.05, 3.63) is 82.9 Å². The second-order valence-electron chi connectivity index (χ2n) is 7.03. The van der Waals surface area contributed by atoms with Crippen molar-refractivity contribution < 1.29 is 0 Å². The van der Waals surface area contributed by atoms with Crippen molar-refractivity contribution in [2.75, 3.05) is 5.73 Å². The van der Waals surface area contributed by atoms with E-state index >= 15 is 0 Å². The van der Waals surface area contributed by atoms with Crippen molar-refractivity contribution in [2.24, 2.45) is 0 Å². The van der Waals surface area contributed by atoms with Gasteiger partial charge in [-0.05, 0) is 76.8 Å². The fourth-order valence-corrected chi connectivity index (χ4v) is 4.46. The molecule has 3 aromatic carbocycles. The van der Waals surface area contributed by atoms with Crippen LogP contribution in [-0.4, -0.2) is 0 Å². The first-order chi connectivity index (χ1) is 12.3. The molecule has 1 heteroatoms. The molecule has 25 heavy (non-hydrogen) atoms. The summed E-state index contributed by atoms with van der Waals surface area (Å²) in [6, 6.07) is 19.5. The molecule has 5 rings (SSSR count). The van der Waals surface area contributed by atoms with Crippen LogP contribution in [0.25, 0.3) is 28.3 Å². The van der Waals surface area contributed by atoms with Crippen molar-refractivity contribution in [1.82, 2.24) is 0 Å². The minimum Gasteiger partial charge on any atom is -0.398 e. The van der Waals surface area contributed by atoms with Crippen LogP contribution < -0.4 is 5.73 Å². The molecule has 122 valence electrons. The predicted molar refractivity (Wildman–Crippen MR) is 106 cm³/mol. The normalized spacial score (nSPS) is 14.6. The highest BCUT2D eigenvalue weighted by molar-refractivity contribution is 5.94. The van der Waals surface area contributed by atoms with E-state index < -0.39 is 0 Å². The molecule has 0 aliphatic heterocycles. The van der Waals surface area contributed by atoms with Crippen LogP contribution >= 0.6 is 0 Å². The summed E-state index contributed by atoms with van der Waals surface area (Å²) in [4.78, 5) is 0. The molecule has 0 spiro atoms. The number of aryl methyl sites for hydroxylation is 1. The van der Waals surface area contributed by atoms with Crippen LogP contribution in [-0.2, 0) is 19.3 Å².